The molecule has 2 aromatic rings. The fourth-order valence-electron chi connectivity index (χ4n) is 2.27. The maximum absolute atomic E-state index is 13.8. The van der Waals surface area contributed by atoms with Crippen LogP contribution in [0, 0.1) is 11.6 Å². The summed E-state index contributed by atoms with van der Waals surface area (Å²) >= 11 is 0.797. The number of furan rings is 1. The number of imide groups is 1. The van der Waals surface area contributed by atoms with Crippen molar-refractivity contribution in [3.05, 3.63) is 52.6 Å². The first-order valence-corrected chi connectivity index (χ1v) is 8.11. The van der Waals surface area contributed by atoms with E-state index in [0.717, 1.165) is 28.8 Å². The Kier molecular flexibility index (Phi) is 5.00. The van der Waals surface area contributed by atoms with Crippen LogP contribution in [0.5, 0.6) is 0 Å². The number of rotatable bonds is 5. The van der Waals surface area contributed by atoms with E-state index in [2.05, 4.69) is 0 Å². The number of amides is 2. The van der Waals surface area contributed by atoms with E-state index < -0.39 is 17.5 Å². The third kappa shape index (κ3) is 3.64. The van der Waals surface area contributed by atoms with Crippen LogP contribution in [0.15, 0.2) is 39.7 Å². The summed E-state index contributed by atoms with van der Waals surface area (Å²) in [6.45, 7) is 0.419. The lowest BCUT2D eigenvalue weighted by molar-refractivity contribution is -0.123. The van der Waals surface area contributed by atoms with Gasteiger partial charge in [-0.1, -0.05) is 0 Å². The molecule has 1 aliphatic heterocycles. The molecule has 0 N–H and O–H groups in total. The molecule has 3 rings (SSSR count). The van der Waals surface area contributed by atoms with Crippen LogP contribution in [0.4, 0.5) is 13.6 Å². The quantitative estimate of drug-likeness (QED) is 0.752. The summed E-state index contributed by atoms with van der Waals surface area (Å²) in [7, 11) is 1.48. The molecule has 25 heavy (non-hydrogen) atoms. The van der Waals surface area contributed by atoms with E-state index in [4.69, 9.17) is 9.15 Å². The molecule has 8 heteroatoms. The van der Waals surface area contributed by atoms with Crippen molar-refractivity contribution in [3.8, 4) is 11.3 Å². The zero-order valence-corrected chi connectivity index (χ0v) is 13.9. The van der Waals surface area contributed by atoms with Gasteiger partial charge in [-0.05, 0) is 36.0 Å². The summed E-state index contributed by atoms with van der Waals surface area (Å²) in [4.78, 5) is 25.4. The highest BCUT2D eigenvalue weighted by molar-refractivity contribution is 8.18. The average molecular weight is 365 g/mol. The Morgan fingerprint density at radius 2 is 2.04 bits per heavy atom. The predicted octanol–water partition coefficient (Wildman–Crippen LogP) is 3.91. The molecular formula is C17H13F2NO4S. The molecule has 0 spiro atoms. The SMILES string of the molecule is COCCN1C(=O)S/C(=C/c2ccc(-c3ccc(F)cc3F)o2)C1=O. The molecule has 1 fully saturated rings. The normalized spacial score (nSPS) is 16.3. The van der Waals surface area contributed by atoms with Crippen molar-refractivity contribution in [1.82, 2.24) is 4.90 Å². The topological polar surface area (TPSA) is 59.8 Å². The van der Waals surface area contributed by atoms with Crippen LogP contribution < -0.4 is 0 Å². The lowest BCUT2D eigenvalue weighted by Crippen LogP contribution is -2.31. The van der Waals surface area contributed by atoms with Crippen LogP contribution in [0.25, 0.3) is 17.4 Å². The van der Waals surface area contributed by atoms with Gasteiger partial charge in [0.2, 0.25) is 0 Å². The molecule has 0 saturated carbocycles. The fourth-order valence-corrected chi connectivity index (χ4v) is 3.11. The molecule has 0 radical (unpaired) electrons. The summed E-state index contributed by atoms with van der Waals surface area (Å²) in [6.07, 6.45) is 1.42. The van der Waals surface area contributed by atoms with Crippen LogP contribution >= 0.6 is 11.8 Å². The minimum atomic E-state index is -0.749. The predicted molar refractivity (Wildman–Crippen MR) is 88.6 cm³/mol. The number of halogens is 2. The minimum Gasteiger partial charge on any atom is -0.457 e. The van der Waals surface area contributed by atoms with E-state index in [-0.39, 0.29) is 40.4 Å². The van der Waals surface area contributed by atoms with Gasteiger partial charge >= 0.3 is 0 Å². The van der Waals surface area contributed by atoms with E-state index in [1.54, 1.807) is 6.07 Å². The van der Waals surface area contributed by atoms with Gasteiger partial charge in [0.1, 0.15) is 23.2 Å². The number of nitrogens with zero attached hydrogens (tertiary/aromatic N) is 1. The second-order valence-corrected chi connectivity index (χ2v) is 6.15. The largest absolute Gasteiger partial charge is 0.457 e. The van der Waals surface area contributed by atoms with Crippen LogP contribution in [-0.4, -0.2) is 36.3 Å². The van der Waals surface area contributed by atoms with Crippen molar-refractivity contribution in [2.24, 2.45) is 0 Å². The molecule has 1 aliphatic rings. The highest BCUT2D eigenvalue weighted by Crippen LogP contribution is 2.33. The van der Waals surface area contributed by atoms with E-state index in [0.29, 0.717) is 0 Å². The Morgan fingerprint density at radius 3 is 2.76 bits per heavy atom. The molecule has 0 bridgehead atoms. The van der Waals surface area contributed by atoms with Crippen LogP contribution in [0.2, 0.25) is 0 Å². The number of hydrogen-bond donors (Lipinski definition) is 0. The number of carbonyl (C=O) groups is 2. The molecule has 5 nitrogen and oxygen atoms in total. The first-order valence-electron chi connectivity index (χ1n) is 7.29. The Morgan fingerprint density at radius 1 is 1.24 bits per heavy atom. The van der Waals surface area contributed by atoms with Crippen LogP contribution in [0.3, 0.4) is 0 Å². The zero-order valence-electron chi connectivity index (χ0n) is 13.1. The van der Waals surface area contributed by atoms with Crippen molar-refractivity contribution in [2.45, 2.75) is 0 Å². The first-order chi connectivity index (χ1) is 12.0. The summed E-state index contributed by atoms with van der Waals surface area (Å²) in [5, 5.41) is -0.385. The summed E-state index contributed by atoms with van der Waals surface area (Å²) in [6, 6.07) is 6.21. The molecule has 2 heterocycles. The van der Waals surface area contributed by atoms with Crippen molar-refractivity contribution < 1.29 is 27.5 Å². The number of ether oxygens (including phenoxy) is 1. The molecule has 0 unspecified atom stereocenters. The Bertz CT molecular complexity index is 862. The van der Waals surface area contributed by atoms with Gasteiger partial charge < -0.3 is 9.15 Å². The second-order valence-electron chi connectivity index (χ2n) is 5.15. The minimum absolute atomic E-state index is 0.106. The molecule has 1 saturated heterocycles. The molecule has 130 valence electrons. The van der Waals surface area contributed by atoms with Gasteiger partial charge in [0, 0.05) is 19.3 Å². The number of hydrogen-bond acceptors (Lipinski definition) is 5. The Hall–Kier alpha value is -2.45. The number of thioether (sulfide) groups is 1. The third-order valence-electron chi connectivity index (χ3n) is 3.49. The smallest absolute Gasteiger partial charge is 0.293 e. The monoisotopic (exact) mass is 365 g/mol. The second kappa shape index (κ2) is 7.20. The number of methoxy groups -OCH3 is 1. The third-order valence-corrected chi connectivity index (χ3v) is 4.40. The molecule has 2 amide bonds. The van der Waals surface area contributed by atoms with Crippen molar-refractivity contribution in [1.29, 1.82) is 0 Å². The molecular weight excluding hydrogens is 352 g/mol. The maximum atomic E-state index is 13.8. The fraction of sp³-hybridized carbons (Fsp3) is 0.176. The Balaban J connectivity index is 1.82. The van der Waals surface area contributed by atoms with Crippen molar-refractivity contribution in [3.63, 3.8) is 0 Å². The Labute approximate surface area is 146 Å². The van der Waals surface area contributed by atoms with Crippen molar-refractivity contribution >= 4 is 29.0 Å². The van der Waals surface area contributed by atoms with Crippen LogP contribution in [0.1, 0.15) is 5.76 Å². The van der Waals surface area contributed by atoms with Gasteiger partial charge in [0.15, 0.2) is 0 Å². The first kappa shape index (κ1) is 17.4. The van der Waals surface area contributed by atoms with Gasteiger partial charge in [0.25, 0.3) is 11.1 Å². The highest BCUT2D eigenvalue weighted by atomic mass is 32.2. The van der Waals surface area contributed by atoms with Gasteiger partial charge in [0.05, 0.1) is 23.6 Å². The average Bonchev–Trinajstić information content (AvgIpc) is 3.12. The zero-order chi connectivity index (χ0) is 18.0. The maximum Gasteiger partial charge on any atom is 0.293 e. The lowest BCUT2D eigenvalue weighted by Gasteiger charge is -2.10. The molecule has 1 aromatic heterocycles. The number of benzene rings is 1. The van der Waals surface area contributed by atoms with E-state index in [9.17, 15) is 18.4 Å². The van der Waals surface area contributed by atoms with Crippen molar-refractivity contribution in [2.75, 3.05) is 20.3 Å². The van der Waals surface area contributed by atoms with Gasteiger partial charge in [-0.15, -0.1) is 0 Å². The van der Waals surface area contributed by atoms with Gasteiger partial charge in [-0.25, -0.2) is 8.78 Å². The highest BCUT2D eigenvalue weighted by Gasteiger charge is 2.34. The van der Waals surface area contributed by atoms with E-state index in [1.165, 1.54) is 25.3 Å². The van der Waals surface area contributed by atoms with Crippen LogP contribution in [-0.2, 0) is 9.53 Å². The summed E-state index contributed by atoms with van der Waals surface area (Å²) < 4.78 is 37.1. The van der Waals surface area contributed by atoms with E-state index in [1.807, 2.05) is 0 Å². The summed E-state index contributed by atoms with van der Waals surface area (Å²) in [5.74, 6) is -1.38. The lowest BCUT2D eigenvalue weighted by atomic mass is 10.1. The molecule has 0 atom stereocenters. The van der Waals surface area contributed by atoms with E-state index >= 15 is 0 Å². The van der Waals surface area contributed by atoms with Gasteiger partial charge in [-0.2, -0.15) is 0 Å². The summed E-state index contributed by atoms with van der Waals surface area (Å²) in [5.41, 5.74) is 0.106. The molecule has 0 aliphatic carbocycles. The van der Waals surface area contributed by atoms with Gasteiger partial charge in [-0.3, -0.25) is 14.5 Å². The standard InChI is InChI=1S/C17H13F2NO4S/c1-23-7-6-20-16(21)15(25-17(20)22)9-11-3-5-14(24-11)12-4-2-10(18)8-13(12)19/h2-5,8-9H,6-7H2,1H3/b15-9+. The number of carbonyl (C=O) groups excluding carboxylic acids is 2. The molecule has 1 aromatic carbocycles.